The molecule has 2 bridgehead atoms. The van der Waals surface area contributed by atoms with Crippen LogP contribution in [0.25, 0.3) is 10.9 Å². The summed E-state index contributed by atoms with van der Waals surface area (Å²) in [6.45, 7) is 6.07. The number of aliphatic hydroxyl groups excluding tert-OH is 1. The predicted molar refractivity (Wildman–Crippen MR) is 124 cm³/mol. The van der Waals surface area contributed by atoms with E-state index in [1.165, 1.54) is 6.42 Å². The van der Waals surface area contributed by atoms with Gasteiger partial charge in [0, 0.05) is 24.2 Å². The summed E-state index contributed by atoms with van der Waals surface area (Å²) in [4.78, 5) is 6.86. The van der Waals surface area contributed by atoms with Crippen LogP contribution in [0.1, 0.15) is 24.5 Å². The number of aliphatic hydroxyl groups is 1. The summed E-state index contributed by atoms with van der Waals surface area (Å²) >= 11 is 0. The molecule has 5 rings (SSSR count). The zero-order valence-corrected chi connectivity index (χ0v) is 19.0. The molecule has 0 amide bonds. The van der Waals surface area contributed by atoms with E-state index >= 15 is 0 Å². The highest BCUT2D eigenvalue weighted by molar-refractivity contribution is 7.79. The molecule has 12 nitrogen and oxygen atoms in total. The minimum absolute atomic E-state index is 0. The van der Waals surface area contributed by atoms with Gasteiger partial charge in [0.2, 0.25) is 0 Å². The topological polar surface area (TPSA) is 246 Å². The van der Waals surface area contributed by atoms with Crippen LogP contribution in [0.2, 0.25) is 0 Å². The molecule has 5 atom stereocenters. The van der Waals surface area contributed by atoms with E-state index in [9.17, 15) is 5.11 Å². The lowest BCUT2D eigenvalue weighted by molar-refractivity contribution is -0.0444. The molecule has 1 aromatic heterocycles. The maximum Gasteiger partial charge on any atom is 0.394 e. The van der Waals surface area contributed by atoms with Crippen molar-refractivity contribution in [3.8, 4) is 5.75 Å². The van der Waals surface area contributed by atoms with Gasteiger partial charge >= 0.3 is 10.4 Å². The molecule has 1 aromatic carbocycles. The fourth-order valence-electron chi connectivity index (χ4n) is 4.44. The van der Waals surface area contributed by atoms with E-state index in [1.807, 2.05) is 24.3 Å². The Morgan fingerprint density at radius 2 is 1.85 bits per heavy atom. The Kier molecular flexibility index (Phi) is 13.5. The van der Waals surface area contributed by atoms with Gasteiger partial charge in [0.15, 0.2) is 0 Å². The van der Waals surface area contributed by atoms with Crippen molar-refractivity contribution in [3.05, 3.63) is 48.7 Å². The van der Waals surface area contributed by atoms with Crippen LogP contribution in [-0.2, 0) is 10.4 Å². The summed E-state index contributed by atoms with van der Waals surface area (Å²) in [6, 6.07) is 7.96. The Balaban J connectivity index is 0. The number of piperidine rings is 3. The third kappa shape index (κ3) is 7.96. The second kappa shape index (κ2) is 13.5. The maximum atomic E-state index is 11.2. The average molecular weight is 495 g/mol. The number of rotatable bonds is 4. The van der Waals surface area contributed by atoms with Gasteiger partial charge in [-0.15, -0.1) is 6.58 Å². The second-order valence-electron chi connectivity index (χ2n) is 7.42. The van der Waals surface area contributed by atoms with Crippen LogP contribution in [0.4, 0.5) is 0 Å². The Morgan fingerprint density at radius 3 is 2.36 bits per heavy atom. The molecule has 190 valence electrons. The fourth-order valence-corrected chi connectivity index (χ4v) is 4.44. The first-order valence-electron chi connectivity index (χ1n) is 9.38. The van der Waals surface area contributed by atoms with Crippen LogP contribution in [0.3, 0.4) is 0 Å². The summed E-state index contributed by atoms with van der Waals surface area (Å²) in [5.41, 5.74) is 1.85. The van der Waals surface area contributed by atoms with E-state index in [-0.39, 0.29) is 27.9 Å². The van der Waals surface area contributed by atoms with Crippen LogP contribution in [0, 0.1) is 11.8 Å². The van der Waals surface area contributed by atoms with Gasteiger partial charge in [-0.05, 0) is 61.1 Å². The molecule has 13 heteroatoms. The van der Waals surface area contributed by atoms with Gasteiger partial charge in [0.1, 0.15) is 5.75 Å². The number of aromatic nitrogens is 1. The van der Waals surface area contributed by atoms with Crippen LogP contribution in [0.5, 0.6) is 5.75 Å². The van der Waals surface area contributed by atoms with Gasteiger partial charge in [0.25, 0.3) is 0 Å². The van der Waals surface area contributed by atoms with Crippen molar-refractivity contribution in [2.24, 2.45) is 11.8 Å². The van der Waals surface area contributed by atoms with Gasteiger partial charge in [-0.2, -0.15) is 8.42 Å². The van der Waals surface area contributed by atoms with E-state index in [1.54, 1.807) is 13.3 Å². The predicted octanol–water partition coefficient (Wildman–Crippen LogP) is -0.778. The van der Waals surface area contributed by atoms with Gasteiger partial charge in [0.05, 0.1) is 18.7 Å². The lowest BCUT2D eigenvalue weighted by atomic mass is 9.73. The monoisotopic (exact) mass is 494 g/mol. The summed E-state index contributed by atoms with van der Waals surface area (Å²) in [5.74, 6) is 2.01. The molecular formula is C20H34N2O10S. The van der Waals surface area contributed by atoms with Crippen molar-refractivity contribution in [1.29, 1.82) is 0 Å². The number of benzene rings is 1. The van der Waals surface area contributed by atoms with Crippen LogP contribution >= 0.6 is 0 Å². The Hall–Kier alpha value is -2.20. The van der Waals surface area contributed by atoms with Crippen molar-refractivity contribution in [2.45, 2.75) is 25.0 Å². The van der Waals surface area contributed by atoms with E-state index in [4.69, 9.17) is 22.3 Å². The largest absolute Gasteiger partial charge is 0.497 e. The Morgan fingerprint density at radius 1 is 1.21 bits per heavy atom. The molecule has 3 unspecified atom stereocenters. The van der Waals surface area contributed by atoms with Crippen molar-refractivity contribution in [3.63, 3.8) is 0 Å². The number of pyridine rings is 1. The molecule has 4 heterocycles. The summed E-state index contributed by atoms with van der Waals surface area (Å²) in [7, 11) is -3.01. The molecule has 3 aliphatic heterocycles. The normalized spacial score (nSPS) is 23.8. The van der Waals surface area contributed by atoms with E-state index in [0.717, 1.165) is 41.7 Å². The molecule has 33 heavy (non-hydrogen) atoms. The van der Waals surface area contributed by atoms with Crippen molar-refractivity contribution >= 4 is 21.3 Å². The maximum absolute atomic E-state index is 11.2. The summed E-state index contributed by atoms with van der Waals surface area (Å²) in [5, 5.41) is 12.1. The summed E-state index contributed by atoms with van der Waals surface area (Å²) < 4.78 is 36.9. The number of hydrogen-bond donors (Lipinski definition) is 3. The highest BCUT2D eigenvalue weighted by Crippen LogP contribution is 2.42. The number of nitrogens with zero attached hydrogens (tertiary/aromatic N) is 2. The number of fused-ring (bicyclic) bond motifs is 4. The first-order chi connectivity index (χ1) is 13.7. The average Bonchev–Trinajstić information content (AvgIpc) is 2.71. The highest BCUT2D eigenvalue weighted by Gasteiger charge is 2.42. The molecule has 0 aliphatic carbocycles. The van der Waals surface area contributed by atoms with Crippen molar-refractivity contribution < 1.29 is 49.3 Å². The van der Waals surface area contributed by atoms with Gasteiger partial charge in [-0.1, -0.05) is 6.08 Å². The minimum atomic E-state index is -4.67. The SMILES string of the molecule is C=CC1CN2CCC1C[C@H]2[C@H](O)c1ccnc2ccc(OC)cc12.O.O.O.O.O=S(=O)(O)O. The smallest absolute Gasteiger partial charge is 0.394 e. The molecule has 2 aromatic rings. The van der Waals surface area contributed by atoms with Crippen LogP contribution in [-0.4, -0.2) is 80.7 Å². The Labute approximate surface area is 192 Å². The van der Waals surface area contributed by atoms with E-state index < -0.39 is 16.5 Å². The lowest BCUT2D eigenvalue weighted by Gasteiger charge is -2.50. The van der Waals surface area contributed by atoms with Crippen LogP contribution < -0.4 is 4.74 Å². The quantitative estimate of drug-likeness (QED) is 0.358. The van der Waals surface area contributed by atoms with Gasteiger partial charge in [-0.3, -0.25) is 19.0 Å². The molecule has 3 saturated heterocycles. The number of ether oxygens (including phenoxy) is 1. The zero-order chi connectivity index (χ0) is 21.2. The molecule has 11 N–H and O–H groups in total. The zero-order valence-electron chi connectivity index (χ0n) is 18.2. The molecule has 0 saturated carbocycles. The molecule has 3 fully saturated rings. The lowest BCUT2D eigenvalue weighted by Crippen LogP contribution is -2.54. The third-order valence-corrected chi connectivity index (χ3v) is 5.82. The van der Waals surface area contributed by atoms with Gasteiger partial charge < -0.3 is 31.7 Å². The highest BCUT2D eigenvalue weighted by atomic mass is 32.3. The number of hydrogen-bond acceptors (Lipinski definition) is 6. The van der Waals surface area contributed by atoms with Gasteiger partial charge in [-0.25, -0.2) is 0 Å². The minimum Gasteiger partial charge on any atom is -0.497 e. The molecular weight excluding hydrogens is 460 g/mol. The van der Waals surface area contributed by atoms with Crippen molar-refractivity contribution in [1.82, 2.24) is 9.88 Å². The fraction of sp³-hybridized carbons (Fsp3) is 0.450. The molecule has 0 radical (unpaired) electrons. The van der Waals surface area contributed by atoms with E-state index in [2.05, 4.69) is 22.5 Å². The van der Waals surface area contributed by atoms with Crippen LogP contribution in [0.15, 0.2) is 43.1 Å². The second-order valence-corrected chi connectivity index (χ2v) is 8.32. The standard InChI is InChI=1S/C20H24N2O2.H2O4S.4H2O/c1-3-13-12-22-9-7-14(13)10-19(22)20(23)16-6-8-21-18-5-4-15(24-2)11-17(16)18;1-5(2,3)4;;;;/h3-6,8,11,13-14,19-20,23H,1,7,9-10,12H2,2H3;(H2,1,2,3,4);4*1H2/t13?,14?,19-,20+;;;;;/m0...../s1. The van der Waals surface area contributed by atoms with Crippen molar-refractivity contribution in [2.75, 3.05) is 20.2 Å². The number of methoxy groups -OCH3 is 1. The summed E-state index contributed by atoms with van der Waals surface area (Å²) in [6.07, 6.45) is 5.62. The molecule has 0 spiro atoms. The first-order valence-corrected chi connectivity index (χ1v) is 10.8. The van der Waals surface area contributed by atoms with E-state index in [0.29, 0.717) is 11.8 Å². The molecule has 3 aliphatic rings. The Bertz CT molecular complexity index is 980. The third-order valence-electron chi connectivity index (χ3n) is 5.82. The first kappa shape index (κ1) is 33.0.